The molecule has 0 saturated carbocycles. The third-order valence-corrected chi connectivity index (χ3v) is 3.34. The second-order valence-electron chi connectivity index (χ2n) is 4.40. The summed E-state index contributed by atoms with van der Waals surface area (Å²) >= 11 is 0. The van der Waals surface area contributed by atoms with Crippen molar-refractivity contribution in [1.29, 1.82) is 5.26 Å². The van der Waals surface area contributed by atoms with Gasteiger partial charge in [-0.3, -0.25) is 0 Å². The van der Waals surface area contributed by atoms with Gasteiger partial charge in [0.1, 0.15) is 5.82 Å². The maximum absolute atomic E-state index is 8.88. The van der Waals surface area contributed by atoms with E-state index in [1.54, 1.807) is 0 Å². The van der Waals surface area contributed by atoms with Crippen molar-refractivity contribution in [1.82, 2.24) is 9.55 Å². The molecule has 2 aromatic rings. The van der Waals surface area contributed by atoms with Crippen molar-refractivity contribution in [2.24, 2.45) is 7.05 Å². The van der Waals surface area contributed by atoms with Gasteiger partial charge in [-0.2, -0.15) is 5.26 Å². The van der Waals surface area contributed by atoms with Crippen molar-refractivity contribution in [2.45, 2.75) is 12.3 Å². The van der Waals surface area contributed by atoms with Crippen molar-refractivity contribution in [3.63, 3.8) is 0 Å². The molecule has 0 aliphatic carbocycles. The molecule has 86 valence electrons. The molecular formula is C13H13N3O. The molecule has 1 unspecified atom stereocenters. The van der Waals surface area contributed by atoms with Gasteiger partial charge in [-0.15, -0.1) is 0 Å². The van der Waals surface area contributed by atoms with Crippen molar-refractivity contribution in [3.05, 3.63) is 29.6 Å². The first-order valence-electron chi connectivity index (χ1n) is 5.74. The molecular weight excluding hydrogens is 214 g/mol. The van der Waals surface area contributed by atoms with E-state index in [0.29, 0.717) is 11.5 Å². The Hall–Kier alpha value is -1.86. The molecule has 3 rings (SSSR count). The Labute approximate surface area is 99.4 Å². The topological polar surface area (TPSA) is 50.8 Å². The zero-order valence-electron chi connectivity index (χ0n) is 9.68. The monoisotopic (exact) mass is 227 g/mol. The average molecular weight is 227 g/mol. The first kappa shape index (κ1) is 10.3. The maximum Gasteiger partial charge on any atom is 0.115 e. The van der Waals surface area contributed by atoms with Gasteiger partial charge in [0, 0.05) is 19.6 Å². The molecule has 0 N–H and O–H groups in total. The van der Waals surface area contributed by atoms with Gasteiger partial charge in [0.05, 0.1) is 29.3 Å². The van der Waals surface area contributed by atoms with Gasteiger partial charge in [-0.1, -0.05) is 0 Å². The Morgan fingerprint density at radius 1 is 1.53 bits per heavy atom. The summed E-state index contributed by atoms with van der Waals surface area (Å²) in [6.45, 7) is 1.57. The fourth-order valence-corrected chi connectivity index (χ4v) is 2.39. The highest BCUT2D eigenvalue weighted by atomic mass is 16.5. The number of hydrogen-bond donors (Lipinski definition) is 0. The summed E-state index contributed by atoms with van der Waals surface area (Å²) in [6, 6.07) is 7.78. The van der Waals surface area contributed by atoms with Crippen LogP contribution in [0.4, 0.5) is 0 Å². The first-order chi connectivity index (χ1) is 8.29. The molecule has 1 atom stereocenters. The predicted molar refractivity (Wildman–Crippen MR) is 63.6 cm³/mol. The third-order valence-electron chi connectivity index (χ3n) is 3.34. The van der Waals surface area contributed by atoms with Crippen LogP contribution in [0.5, 0.6) is 0 Å². The Morgan fingerprint density at radius 2 is 2.41 bits per heavy atom. The molecule has 0 radical (unpaired) electrons. The quantitative estimate of drug-likeness (QED) is 0.748. The smallest absolute Gasteiger partial charge is 0.115 e. The minimum Gasteiger partial charge on any atom is -0.381 e. The highest BCUT2D eigenvalue weighted by Crippen LogP contribution is 2.27. The molecule has 4 nitrogen and oxygen atoms in total. The van der Waals surface area contributed by atoms with Crippen LogP contribution in [0.25, 0.3) is 11.0 Å². The van der Waals surface area contributed by atoms with Crippen LogP contribution in [-0.2, 0) is 11.8 Å². The number of aromatic nitrogens is 2. The molecule has 1 aliphatic heterocycles. The SMILES string of the molecule is Cn1c(C2CCOC2)nc2cc(C#N)ccc21. The molecule has 0 amide bonds. The van der Waals surface area contributed by atoms with Gasteiger partial charge >= 0.3 is 0 Å². The van der Waals surface area contributed by atoms with E-state index in [9.17, 15) is 0 Å². The van der Waals surface area contributed by atoms with E-state index in [0.717, 1.165) is 36.5 Å². The van der Waals surface area contributed by atoms with Crippen molar-refractivity contribution in [2.75, 3.05) is 13.2 Å². The number of fused-ring (bicyclic) bond motifs is 1. The van der Waals surface area contributed by atoms with Crippen LogP contribution in [-0.4, -0.2) is 22.8 Å². The summed E-state index contributed by atoms with van der Waals surface area (Å²) in [5, 5.41) is 8.88. The summed E-state index contributed by atoms with van der Waals surface area (Å²) in [5.41, 5.74) is 2.63. The van der Waals surface area contributed by atoms with Crippen LogP contribution in [0.1, 0.15) is 23.7 Å². The number of imidazole rings is 1. The first-order valence-corrected chi connectivity index (χ1v) is 5.74. The van der Waals surface area contributed by atoms with Gasteiger partial charge in [-0.25, -0.2) is 4.98 Å². The number of hydrogen-bond acceptors (Lipinski definition) is 3. The van der Waals surface area contributed by atoms with Crippen LogP contribution >= 0.6 is 0 Å². The molecule has 17 heavy (non-hydrogen) atoms. The number of aryl methyl sites for hydroxylation is 1. The Morgan fingerprint density at radius 3 is 3.12 bits per heavy atom. The Bertz CT molecular complexity index is 603. The van der Waals surface area contributed by atoms with E-state index in [-0.39, 0.29) is 0 Å². The van der Waals surface area contributed by atoms with E-state index in [4.69, 9.17) is 10.00 Å². The zero-order valence-corrected chi connectivity index (χ0v) is 9.68. The maximum atomic E-state index is 8.88. The number of nitriles is 1. The lowest BCUT2D eigenvalue weighted by Crippen LogP contribution is -2.05. The summed E-state index contributed by atoms with van der Waals surface area (Å²) in [4.78, 5) is 4.63. The molecule has 1 aromatic heterocycles. The number of nitrogens with zero attached hydrogens (tertiary/aromatic N) is 3. The molecule has 1 saturated heterocycles. The number of benzene rings is 1. The van der Waals surface area contributed by atoms with Gasteiger partial charge in [0.25, 0.3) is 0 Å². The largest absolute Gasteiger partial charge is 0.381 e. The Balaban J connectivity index is 2.14. The van der Waals surface area contributed by atoms with Gasteiger partial charge in [0.15, 0.2) is 0 Å². The molecule has 4 heteroatoms. The molecule has 1 aliphatic rings. The van der Waals surface area contributed by atoms with E-state index in [1.165, 1.54) is 0 Å². The second-order valence-corrected chi connectivity index (χ2v) is 4.40. The van der Waals surface area contributed by atoms with Gasteiger partial charge < -0.3 is 9.30 Å². The lowest BCUT2D eigenvalue weighted by molar-refractivity contribution is 0.193. The highest BCUT2D eigenvalue weighted by Gasteiger charge is 2.23. The molecule has 0 bridgehead atoms. The van der Waals surface area contributed by atoms with Crippen LogP contribution in [0.15, 0.2) is 18.2 Å². The van der Waals surface area contributed by atoms with E-state index >= 15 is 0 Å². The molecule has 0 spiro atoms. The fraction of sp³-hybridized carbons (Fsp3) is 0.385. The highest BCUT2D eigenvalue weighted by molar-refractivity contribution is 5.77. The minimum absolute atomic E-state index is 0.387. The number of ether oxygens (including phenoxy) is 1. The van der Waals surface area contributed by atoms with Gasteiger partial charge in [0.2, 0.25) is 0 Å². The van der Waals surface area contributed by atoms with E-state index in [2.05, 4.69) is 15.6 Å². The van der Waals surface area contributed by atoms with E-state index < -0.39 is 0 Å². The summed E-state index contributed by atoms with van der Waals surface area (Å²) < 4.78 is 7.51. The van der Waals surface area contributed by atoms with Crippen molar-refractivity contribution < 1.29 is 4.74 Å². The second kappa shape index (κ2) is 3.86. The molecule has 1 aromatic carbocycles. The molecule has 1 fully saturated rings. The standard InChI is InChI=1S/C13H13N3O/c1-16-12-3-2-9(7-14)6-11(12)15-13(16)10-4-5-17-8-10/h2-3,6,10H,4-5,8H2,1H3. The Kier molecular flexibility index (Phi) is 2.34. The average Bonchev–Trinajstić information content (AvgIpc) is 2.97. The summed E-state index contributed by atoms with van der Waals surface area (Å²) in [6.07, 6.45) is 1.03. The lowest BCUT2D eigenvalue weighted by Gasteiger charge is -2.07. The van der Waals surface area contributed by atoms with Crippen LogP contribution in [0.3, 0.4) is 0 Å². The van der Waals surface area contributed by atoms with Gasteiger partial charge in [-0.05, 0) is 24.6 Å². The summed E-state index contributed by atoms with van der Waals surface area (Å²) in [7, 11) is 2.02. The van der Waals surface area contributed by atoms with Crippen molar-refractivity contribution >= 4 is 11.0 Å². The summed E-state index contributed by atoms with van der Waals surface area (Å²) in [5.74, 6) is 1.45. The zero-order chi connectivity index (χ0) is 11.8. The lowest BCUT2D eigenvalue weighted by atomic mass is 10.1. The van der Waals surface area contributed by atoms with Crippen LogP contribution < -0.4 is 0 Å². The third kappa shape index (κ3) is 1.60. The van der Waals surface area contributed by atoms with Crippen molar-refractivity contribution in [3.8, 4) is 6.07 Å². The van der Waals surface area contributed by atoms with Crippen LogP contribution in [0, 0.1) is 11.3 Å². The fourth-order valence-electron chi connectivity index (χ4n) is 2.39. The normalized spacial score (nSPS) is 19.6. The van der Waals surface area contributed by atoms with E-state index in [1.807, 2.05) is 25.2 Å². The molecule has 2 heterocycles. The number of rotatable bonds is 1. The van der Waals surface area contributed by atoms with Crippen LogP contribution in [0.2, 0.25) is 0 Å². The predicted octanol–water partition coefficient (Wildman–Crippen LogP) is 1.95. The minimum atomic E-state index is 0.387.